The maximum absolute atomic E-state index is 11.9. The SMILES string of the molecule is O=C(Cc1csc(Nc2ccc(Cl)cn2)n1)NCc1ccco1. The van der Waals surface area contributed by atoms with Gasteiger partial charge in [0.15, 0.2) is 5.13 Å². The van der Waals surface area contributed by atoms with Gasteiger partial charge in [0, 0.05) is 11.6 Å². The first-order valence-corrected chi connectivity index (χ1v) is 8.07. The molecule has 6 nitrogen and oxygen atoms in total. The lowest BCUT2D eigenvalue weighted by molar-refractivity contribution is -0.120. The van der Waals surface area contributed by atoms with Gasteiger partial charge < -0.3 is 15.1 Å². The summed E-state index contributed by atoms with van der Waals surface area (Å²) in [7, 11) is 0. The highest BCUT2D eigenvalue weighted by atomic mass is 35.5. The van der Waals surface area contributed by atoms with Gasteiger partial charge in [0.25, 0.3) is 0 Å². The lowest BCUT2D eigenvalue weighted by atomic mass is 10.3. The van der Waals surface area contributed by atoms with E-state index in [-0.39, 0.29) is 12.3 Å². The molecule has 0 aliphatic carbocycles. The Morgan fingerprint density at radius 3 is 3.00 bits per heavy atom. The number of nitrogens with one attached hydrogen (secondary N) is 2. The number of thiazole rings is 1. The molecule has 8 heteroatoms. The summed E-state index contributed by atoms with van der Waals surface area (Å²) in [4.78, 5) is 20.4. The molecule has 0 aliphatic rings. The van der Waals surface area contributed by atoms with Crippen molar-refractivity contribution in [2.75, 3.05) is 5.32 Å². The lowest BCUT2D eigenvalue weighted by Gasteiger charge is -2.02. The molecule has 2 N–H and O–H groups in total. The Bertz CT molecular complexity index is 771. The first-order valence-electron chi connectivity index (χ1n) is 6.81. The molecule has 0 aromatic carbocycles. The second-order valence-electron chi connectivity index (χ2n) is 4.66. The van der Waals surface area contributed by atoms with Gasteiger partial charge in [-0.05, 0) is 24.3 Å². The minimum absolute atomic E-state index is 0.108. The van der Waals surface area contributed by atoms with Crippen LogP contribution in [0, 0.1) is 0 Å². The number of nitrogens with zero attached hydrogens (tertiary/aromatic N) is 2. The monoisotopic (exact) mass is 348 g/mol. The van der Waals surface area contributed by atoms with Gasteiger partial charge in [0.05, 0.1) is 29.9 Å². The number of carbonyl (C=O) groups excluding carboxylic acids is 1. The van der Waals surface area contributed by atoms with Crippen LogP contribution in [0.25, 0.3) is 0 Å². The zero-order chi connectivity index (χ0) is 16.1. The van der Waals surface area contributed by atoms with Crippen LogP contribution in [-0.4, -0.2) is 15.9 Å². The molecule has 3 aromatic heterocycles. The molecule has 1 amide bonds. The fraction of sp³-hybridized carbons (Fsp3) is 0.133. The van der Waals surface area contributed by atoms with Gasteiger partial charge in [-0.2, -0.15) is 0 Å². The Balaban J connectivity index is 1.52. The third kappa shape index (κ3) is 4.54. The predicted molar refractivity (Wildman–Crippen MR) is 88.9 cm³/mol. The molecule has 0 unspecified atom stereocenters. The quantitative estimate of drug-likeness (QED) is 0.713. The zero-order valence-electron chi connectivity index (χ0n) is 12.0. The third-order valence-electron chi connectivity index (χ3n) is 2.90. The van der Waals surface area contributed by atoms with Crippen molar-refractivity contribution in [1.29, 1.82) is 0 Å². The second kappa shape index (κ2) is 7.26. The first-order chi connectivity index (χ1) is 11.2. The number of rotatable bonds is 6. The molecule has 0 atom stereocenters. The average molecular weight is 349 g/mol. The van der Waals surface area contributed by atoms with Crippen molar-refractivity contribution >= 4 is 39.8 Å². The summed E-state index contributed by atoms with van der Waals surface area (Å²) < 4.78 is 5.16. The van der Waals surface area contributed by atoms with E-state index in [1.54, 1.807) is 30.7 Å². The van der Waals surface area contributed by atoms with Crippen LogP contribution in [0.4, 0.5) is 10.9 Å². The molecule has 23 heavy (non-hydrogen) atoms. The highest BCUT2D eigenvalue weighted by molar-refractivity contribution is 7.13. The zero-order valence-corrected chi connectivity index (χ0v) is 13.5. The number of carbonyl (C=O) groups is 1. The number of anilines is 2. The van der Waals surface area contributed by atoms with Gasteiger partial charge in [-0.15, -0.1) is 11.3 Å². The molecular formula is C15H13ClN4O2S. The van der Waals surface area contributed by atoms with Crippen molar-refractivity contribution < 1.29 is 9.21 Å². The molecule has 0 saturated heterocycles. The van der Waals surface area contributed by atoms with Gasteiger partial charge in [0.2, 0.25) is 5.91 Å². The van der Waals surface area contributed by atoms with E-state index < -0.39 is 0 Å². The molecule has 0 bridgehead atoms. The van der Waals surface area contributed by atoms with E-state index in [1.807, 2.05) is 11.4 Å². The van der Waals surface area contributed by atoms with Crippen LogP contribution in [0.3, 0.4) is 0 Å². The van der Waals surface area contributed by atoms with Crippen LogP contribution in [0.2, 0.25) is 5.02 Å². The van der Waals surface area contributed by atoms with Gasteiger partial charge in [-0.1, -0.05) is 11.6 Å². The minimum atomic E-state index is -0.108. The largest absolute Gasteiger partial charge is 0.467 e. The van der Waals surface area contributed by atoms with E-state index >= 15 is 0 Å². The number of pyridine rings is 1. The van der Waals surface area contributed by atoms with E-state index in [9.17, 15) is 4.79 Å². The Morgan fingerprint density at radius 1 is 1.35 bits per heavy atom. The highest BCUT2D eigenvalue weighted by Crippen LogP contribution is 2.20. The molecule has 3 rings (SSSR count). The van der Waals surface area contributed by atoms with Crippen molar-refractivity contribution in [1.82, 2.24) is 15.3 Å². The van der Waals surface area contributed by atoms with Gasteiger partial charge >= 0.3 is 0 Å². The highest BCUT2D eigenvalue weighted by Gasteiger charge is 2.09. The number of furan rings is 1. The van der Waals surface area contributed by atoms with E-state index in [2.05, 4.69) is 20.6 Å². The molecule has 3 heterocycles. The van der Waals surface area contributed by atoms with Gasteiger partial charge in [0.1, 0.15) is 11.6 Å². The first kappa shape index (κ1) is 15.5. The van der Waals surface area contributed by atoms with Crippen molar-refractivity contribution in [2.24, 2.45) is 0 Å². The molecule has 0 radical (unpaired) electrons. The maximum Gasteiger partial charge on any atom is 0.226 e. The molecule has 0 saturated carbocycles. The summed E-state index contributed by atoms with van der Waals surface area (Å²) in [5, 5.41) is 8.94. The van der Waals surface area contributed by atoms with E-state index in [0.29, 0.717) is 34.0 Å². The Labute approximate surface area is 141 Å². The second-order valence-corrected chi connectivity index (χ2v) is 5.96. The summed E-state index contributed by atoms with van der Waals surface area (Å²) in [5.74, 6) is 1.26. The molecule has 3 aromatic rings. The van der Waals surface area contributed by atoms with Crippen LogP contribution in [0.5, 0.6) is 0 Å². The fourth-order valence-electron chi connectivity index (χ4n) is 1.83. The summed E-state index contributed by atoms with van der Waals surface area (Å²) >= 11 is 7.20. The molecule has 0 fully saturated rings. The average Bonchev–Trinajstić information content (AvgIpc) is 3.20. The smallest absolute Gasteiger partial charge is 0.226 e. The van der Waals surface area contributed by atoms with Crippen LogP contribution in [0.1, 0.15) is 11.5 Å². The van der Waals surface area contributed by atoms with Crippen molar-refractivity contribution in [2.45, 2.75) is 13.0 Å². The van der Waals surface area contributed by atoms with E-state index in [1.165, 1.54) is 11.3 Å². The number of halogens is 1. The van der Waals surface area contributed by atoms with Gasteiger partial charge in [-0.25, -0.2) is 9.97 Å². The van der Waals surface area contributed by atoms with E-state index in [4.69, 9.17) is 16.0 Å². The summed E-state index contributed by atoms with van der Waals surface area (Å²) in [6, 6.07) is 7.10. The Morgan fingerprint density at radius 2 is 2.26 bits per heavy atom. The fourth-order valence-corrected chi connectivity index (χ4v) is 2.66. The summed E-state index contributed by atoms with van der Waals surface area (Å²) in [5.41, 5.74) is 0.698. The number of aromatic nitrogens is 2. The minimum Gasteiger partial charge on any atom is -0.467 e. The van der Waals surface area contributed by atoms with Crippen LogP contribution in [-0.2, 0) is 17.8 Å². The summed E-state index contributed by atoms with van der Waals surface area (Å²) in [6.07, 6.45) is 3.35. The molecule has 0 aliphatic heterocycles. The summed E-state index contributed by atoms with van der Waals surface area (Å²) in [6.45, 7) is 0.371. The van der Waals surface area contributed by atoms with Crippen LogP contribution < -0.4 is 10.6 Å². The van der Waals surface area contributed by atoms with Crippen molar-refractivity contribution in [3.05, 3.63) is 58.6 Å². The van der Waals surface area contributed by atoms with Gasteiger partial charge in [-0.3, -0.25) is 4.79 Å². The standard InChI is InChI=1S/C15H13ClN4O2S/c16-10-3-4-13(17-7-10)20-15-19-11(9-23-15)6-14(21)18-8-12-2-1-5-22-12/h1-5,7,9H,6,8H2,(H,18,21)(H,17,19,20). The molecule has 0 spiro atoms. The third-order valence-corrected chi connectivity index (χ3v) is 3.93. The lowest BCUT2D eigenvalue weighted by Crippen LogP contribution is -2.24. The Hall–Kier alpha value is -2.38. The van der Waals surface area contributed by atoms with Crippen molar-refractivity contribution in [3.8, 4) is 0 Å². The Kier molecular flexibility index (Phi) is 4.89. The van der Waals surface area contributed by atoms with Crippen molar-refractivity contribution in [3.63, 3.8) is 0 Å². The normalized spacial score (nSPS) is 10.5. The topological polar surface area (TPSA) is 80.0 Å². The van der Waals surface area contributed by atoms with Crippen LogP contribution >= 0.6 is 22.9 Å². The predicted octanol–water partition coefficient (Wildman–Crippen LogP) is 3.39. The molecular weight excluding hydrogens is 336 g/mol. The van der Waals surface area contributed by atoms with E-state index in [0.717, 1.165) is 0 Å². The molecule has 118 valence electrons. The van der Waals surface area contributed by atoms with Crippen LogP contribution in [0.15, 0.2) is 46.5 Å². The number of hydrogen-bond donors (Lipinski definition) is 2. The number of amides is 1. The number of hydrogen-bond acceptors (Lipinski definition) is 6. The maximum atomic E-state index is 11.9.